The Morgan fingerprint density at radius 2 is 1.62 bits per heavy atom. The molecule has 0 bridgehead atoms. The minimum atomic E-state index is -0.0318. The van der Waals surface area contributed by atoms with Gasteiger partial charge in [-0.3, -0.25) is 4.79 Å². The Kier molecular flexibility index (Phi) is 4.02. The van der Waals surface area contributed by atoms with Crippen molar-refractivity contribution < 1.29 is 4.79 Å². The first-order valence-electron chi connectivity index (χ1n) is 9.72. The zero-order valence-corrected chi connectivity index (χ0v) is 16.3. The van der Waals surface area contributed by atoms with Crippen molar-refractivity contribution in [3.05, 3.63) is 83.9 Å². The maximum Gasteiger partial charge on any atom is 0.260 e. The zero-order chi connectivity index (χ0) is 20.0. The zero-order valence-electron chi connectivity index (χ0n) is 16.3. The summed E-state index contributed by atoms with van der Waals surface area (Å²) in [4.78, 5) is 15.3. The van der Waals surface area contributed by atoms with E-state index in [2.05, 4.69) is 23.3 Å². The maximum atomic E-state index is 13.4. The first-order chi connectivity index (χ1) is 14.2. The van der Waals surface area contributed by atoms with Crippen LogP contribution in [-0.2, 0) is 0 Å². The van der Waals surface area contributed by atoms with E-state index in [-0.39, 0.29) is 5.91 Å². The van der Waals surface area contributed by atoms with Crippen molar-refractivity contribution in [1.82, 2.24) is 15.0 Å². The summed E-state index contributed by atoms with van der Waals surface area (Å²) in [5, 5.41) is 9.02. The summed E-state index contributed by atoms with van der Waals surface area (Å²) in [5.74, 6) is -0.0318. The van der Waals surface area contributed by atoms with Crippen LogP contribution in [0.4, 0.5) is 5.69 Å². The molecule has 0 saturated heterocycles. The standard InChI is InChI=1S/C24H20N4O/c1-3-27-20-14-13-16(2)15-19(20)23-22(17-9-5-4-6-10-17)25-26-28(23)21-12-8-7-11-18(21)24(27)29/h4-15H,3H2,1-2H3. The molecule has 3 aromatic carbocycles. The van der Waals surface area contributed by atoms with Gasteiger partial charge in [-0.1, -0.05) is 59.3 Å². The highest BCUT2D eigenvalue weighted by molar-refractivity contribution is 6.11. The SMILES string of the molecule is CCN1C(=O)c2ccccc2-n2nnc(-c3ccccc3)c2-c2cc(C)ccc21. The van der Waals surface area contributed by atoms with Gasteiger partial charge in [0.1, 0.15) is 11.4 Å². The van der Waals surface area contributed by atoms with Crippen LogP contribution < -0.4 is 4.90 Å². The second kappa shape index (κ2) is 6.71. The van der Waals surface area contributed by atoms with Gasteiger partial charge in [-0.2, -0.15) is 0 Å². The summed E-state index contributed by atoms with van der Waals surface area (Å²) < 4.78 is 1.81. The fourth-order valence-electron chi connectivity index (χ4n) is 3.97. The minimum absolute atomic E-state index is 0.0318. The van der Waals surface area contributed by atoms with E-state index in [1.165, 1.54) is 0 Å². The number of carbonyl (C=O) groups is 1. The van der Waals surface area contributed by atoms with Crippen LogP contribution in [0.1, 0.15) is 22.8 Å². The van der Waals surface area contributed by atoms with Crippen LogP contribution in [0, 0.1) is 6.92 Å². The van der Waals surface area contributed by atoms with Gasteiger partial charge in [0.2, 0.25) is 0 Å². The lowest BCUT2D eigenvalue weighted by molar-refractivity contribution is 0.0988. The summed E-state index contributed by atoms with van der Waals surface area (Å²) in [6, 6.07) is 23.8. The highest BCUT2D eigenvalue weighted by Crippen LogP contribution is 2.41. The number of hydrogen-bond donors (Lipinski definition) is 0. The Morgan fingerprint density at radius 3 is 2.41 bits per heavy atom. The summed E-state index contributed by atoms with van der Waals surface area (Å²) in [5.41, 5.74) is 7.00. The predicted octanol–water partition coefficient (Wildman–Crippen LogP) is 4.89. The molecule has 29 heavy (non-hydrogen) atoms. The van der Waals surface area contributed by atoms with Crippen LogP contribution >= 0.6 is 0 Å². The molecule has 0 unspecified atom stereocenters. The number of benzene rings is 3. The molecular weight excluding hydrogens is 360 g/mol. The third-order valence-corrected chi connectivity index (χ3v) is 5.34. The van der Waals surface area contributed by atoms with Gasteiger partial charge in [-0.15, -0.1) is 5.10 Å². The molecule has 142 valence electrons. The molecule has 5 nitrogen and oxygen atoms in total. The van der Waals surface area contributed by atoms with Crippen LogP contribution in [0.2, 0.25) is 0 Å². The molecule has 0 fully saturated rings. The van der Waals surface area contributed by atoms with Gasteiger partial charge in [0, 0.05) is 17.7 Å². The van der Waals surface area contributed by atoms with Crippen molar-refractivity contribution in [2.45, 2.75) is 13.8 Å². The van der Waals surface area contributed by atoms with Crippen LogP contribution in [-0.4, -0.2) is 27.4 Å². The normalized spacial score (nSPS) is 12.6. The van der Waals surface area contributed by atoms with E-state index in [0.717, 1.165) is 39.5 Å². The van der Waals surface area contributed by atoms with Crippen molar-refractivity contribution in [1.29, 1.82) is 0 Å². The van der Waals surface area contributed by atoms with E-state index in [0.29, 0.717) is 12.1 Å². The van der Waals surface area contributed by atoms with Crippen LogP contribution in [0.3, 0.4) is 0 Å². The average Bonchev–Trinajstić information content (AvgIpc) is 3.19. The quantitative estimate of drug-likeness (QED) is 0.497. The number of aryl methyl sites for hydroxylation is 1. The second-order valence-corrected chi connectivity index (χ2v) is 7.15. The molecule has 0 atom stereocenters. The molecule has 1 aliphatic heterocycles. The van der Waals surface area contributed by atoms with E-state index in [1.807, 2.05) is 78.6 Å². The first kappa shape index (κ1) is 17.4. The van der Waals surface area contributed by atoms with E-state index >= 15 is 0 Å². The number of fused-ring (bicyclic) bond motifs is 5. The molecule has 5 rings (SSSR count). The highest BCUT2D eigenvalue weighted by Gasteiger charge is 2.30. The number of anilines is 1. The van der Waals surface area contributed by atoms with Crippen LogP contribution in [0.15, 0.2) is 72.8 Å². The van der Waals surface area contributed by atoms with Gasteiger partial charge in [0.15, 0.2) is 0 Å². The molecule has 5 heteroatoms. The number of amides is 1. The summed E-state index contributed by atoms with van der Waals surface area (Å²) in [6.45, 7) is 4.63. The summed E-state index contributed by atoms with van der Waals surface area (Å²) in [6.07, 6.45) is 0. The second-order valence-electron chi connectivity index (χ2n) is 7.15. The lowest BCUT2D eigenvalue weighted by Gasteiger charge is -2.28. The van der Waals surface area contributed by atoms with Crippen LogP contribution in [0.5, 0.6) is 0 Å². The van der Waals surface area contributed by atoms with Crippen molar-refractivity contribution in [3.63, 3.8) is 0 Å². The largest absolute Gasteiger partial charge is 0.308 e. The van der Waals surface area contributed by atoms with E-state index in [4.69, 9.17) is 0 Å². The number of hydrogen-bond acceptors (Lipinski definition) is 3. The van der Waals surface area contributed by atoms with E-state index in [9.17, 15) is 4.79 Å². The smallest absolute Gasteiger partial charge is 0.260 e. The van der Waals surface area contributed by atoms with E-state index < -0.39 is 0 Å². The molecule has 1 aromatic heterocycles. The minimum Gasteiger partial charge on any atom is -0.308 e. The molecular formula is C24H20N4O. The topological polar surface area (TPSA) is 51.0 Å². The summed E-state index contributed by atoms with van der Waals surface area (Å²) in [7, 11) is 0. The molecule has 0 saturated carbocycles. The number of carbonyl (C=O) groups excluding carboxylic acids is 1. The molecule has 1 amide bonds. The highest BCUT2D eigenvalue weighted by atomic mass is 16.2. The third-order valence-electron chi connectivity index (χ3n) is 5.34. The molecule has 0 spiro atoms. The Labute approximate surface area is 169 Å². The van der Waals surface area contributed by atoms with Crippen molar-refractivity contribution >= 4 is 11.6 Å². The Morgan fingerprint density at radius 1 is 0.862 bits per heavy atom. The molecule has 0 N–H and O–H groups in total. The molecule has 2 heterocycles. The Bertz CT molecular complexity index is 1230. The van der Waals surface area contributed by atoms with Gasteiger partial charge in [-0.05, 0) is 38.1 Å². The number of para-hydroxylation sites is 1. The summed E-state index contributed by atoms with van der Waals surface area (Å²) >= 11 is 0. The molecule has 1 aliphatic rings. The van der Waals surface area contributed by atoms with Gasteiger partial charge >= 0.3 is 0 Å². The molecule has 0 aliphatic carbocycles. The number of rotatable bonds is 2. The fraction of sp³-hybridized carbons (Fsp3) is 0.125. The predicted molar refractivity (Wildman–Crippen MR) is 114 cm³/mol. The van der Waals surface area contributed by atoms with Crippen molar-refractivity contribution in [2.24, 2.45) is 0 Å². The van der Waals surface area contributed by atoms with Crippen molar-refractivity contribution in [2.75, 3.05) is 11.4 Å². The maximum absolute atomic E-state index is 13.4. The third kappa shape index (κ3) is 2.66. The average molecular weight is 380 g/mol. The number of nitrogens with zero attached hydrogens (tertiary/aromatic N) is 4. The van der Waals surface area contributed by atoms with Gasteiger partial charge in [0.25, 0.3) is 5.91 Å². The number of aromatic nitrogens is 3. The van der Waals surface area contributed by atoms with Crippen LogP contribution in [0.25, 0.3) is 28.2 Å². The van der Waals surface area contributed by atoms with Gasteiger partial charge in [-0.25, -0.2) is 4.68 Å². The monoisotopic (exact) mass is 380 g/mol. The Hall–Kier alpha value is -3.73. The van der Waals surface area contributed by atoms with Gasteiger partial charge < -0.3 is 4.90 Å². The van der Waals surface area contributed by atoms with Crippen molar-refractivity contribution in [3.8, 4) is 28.2 Å². The Balaban J connectivity index is 1.92. The lowest BCUT2D eigenvalue weighted by Crippen LogP contribution is -2.33. The first-order valence-corrected chi connectivity index (χ1v) is 9.72. The van der Waals surface area contributed by atoms with Gasteiger partial charge in [0.05, 0.1) is 16.9 Å². The molecule has 4 aromatic rings. The molecule has 0 radical (unpaired) electrons. The van der Waals surface area contributed by atoms with E-state index in [1.54, 1.807) is 4.68 Å². The fourth-order valence-corrected chi connectivity index (χ4v) is 3.97. The lowest BCUT2D eigenvalue weighted by atomic mass is 9.98.